The SMILES string of the molecule is CN(C(=O)CN1CCCC1c1ccccc1)C1CCCc2ccccc21. The summed E-state index contributed by atoms with van der Waals surface area (Å²) in [7, 11) is 1.99. The fourth-order valence-electron chi connectivity index (χ4n) is 4.66. The summed E-state index contributed by atoms with van der Waals surface area (Å²) >= 11 is 0. The molecule has 1 fully saturated rings. The maximum absolute atomic E-state index is 13.1. The van der Waals surface area contributed by atoms with Gasteiger partial charge in [0.05, 0.1) is 12.6 Å². The molecule has 0 aromatic heterocycles. The number of benzene rings is 2. The predicted octanol–water partition coefficient (Wildman–Crippen LogP) is 4.36. The standard InChI is InChI=1S/C23H28N2O/c1-24(22-14-7-12-18-9-5-6-13-20(18)22)23(26)17-25-16-8-15-21(25)19-10-3-2-4-11-19/h2-6,9-11,13,21-22H,7-8,12,14-17H2,1H3. The highest BCUT2D eigenvalue weighted by Crippen LogP contribution is 2.35. The molecule has 1 heterocycles. The average molecular weight is 348 g/mol. The van der Waals surface area contributed by atoms with Gasteiger partial charge >= 0.3 is 0 Å². The van der Waals surface area contributed by atoms with E-state index in [-0.39, 0.29) is 11.9 Å². The third kappa shape index (κ3) is 3.41. The minimum atomic E-state index is 0.227. The summed E-state index contributed by atoms with van der Waals surface area (Å²) in [5, 5.41) is 0. The van der Waals surface area contributed by atoms with E-state index >= 15 is 0 Å². The van der Waals surface area contributed by atoms with Crippen LogP contribution < -0.4 is 0 Å². The van der Waals surface area contributed by atoms with Crippen molar-refractivity contribution < 1.29 is 4.79 Å². The molecule has 136 valence electrons. The predicted molar refractivity (Wildman–Crippen MR) is 105 cm³/mol. The van der Waals surface area contributed by atoms with Crippen molar-refractivity contribution in [2.75, 3.05) is 20.1 Å². The molecule has 2 aromatic carbocycles. The molecule has 4 rings (SSSR count). The van der Waals surface area contributed by atoms with Crippen molar-refractivity contribution in [3.63, 3.8) is 0 Å². The molecule has 0 spiro atoms. The quantitative estimate of drug-likeness (QED) is 0.820. The van der Waals surface area contributed by atoms with Crippen LogP contribution in [0, 0.1) is 0 Å². The van der Waals surface area contributed by atoms with Crippen LogP contribution in [0.2, 0.25) is 0 Å². The molecule has 2 aromatic rings. The Balaban J connectivity index is 1.47. The summed E-state index contributed by atoms with van der Waals surface area (Å²) in [6, 6.07) is 19.9. The van der Waals surface area contributed by atoms with Gasteiger partial charge in [-0.25, -0.2) is 0 Å². The Kier molecular flexibility index (Phi) is 5.07. The normalized spacial score (nSPS) is 22.8. The van der Waals surface area contributed by atoms with Crippen LogP contribution >= 0.6 is 0 Å². The van der Waals surface area contributed by atoms with E-state index in [0.717, 1.165) is 32.2 Å². The van der Waals surface area contributed by atoms with Gasteiger partial charge in [-0.1, -0.05) is 54.6 Å². The molecule has 0 radical (unpaired) electrons. The number of aryl methyl sites for hydroxylation is 1. The highest BCUT2D eigenvalue weighted by atomic mass is 16.2. The number of hydrogen-bond donors (Lipinski definition) is 0. The second-order valence-corrected chi connectivity index (χ2v) is 7.65. The molecule has 1 saturated heterocycles. The molecule has 0 bridgehead atoms. The zero-order valence-corrected chi connectivity index (χ0v) is 15.6. The number of nitrogens with zero attached hydrogens (tertiary/aromatic N) is 2. The molecule has 2 aliphatic rings. The van der Waals surface area contributed by atoms with Crippen LogP contribution in [0.15, 0.2) is 54.6 Å². The first-order valence-corrected chi connectivity index (χ1v) is 9.86. The van der Waals surface area contributed by atoms with Gasteiger partial charge in [-0.15, -0.1) is 0 Å². The molecular weight excluding hydrogens is 320 g/mol. The molecule has 0 N–H and O–H groups in total. The Morgan fingerprint density at radius 2 is 1.81 bits per heavy atom. The lowest BCUT2D eigenvalue weighted by Gasteiger charge is -2.35. The van der Waals surface area contributed by atoms with Crippen LogP contribution in [0.1, 0.15) is 54.5 Å². The number of hydrogen-bond acceptors (Lipinski definition) is 2. The molecule has 0 saturated carbocycles. The Morgan fingerprint density at radius 1 is 1.04 bits per heavy atom. The highest BCUT2D eigenvalue weighted by molar-refractivity contribution is 5.78. The van der Waals surface area contributed by atoms with E-state index in [2.05, 4.69) is 59.5 Å². The second-order valence-electron chi connectivity index (χ2n) is 7.65. The topological polar surface area (TPSA) is 23.6 Å². The number of rotatable bonds is 4. The summed E-state index contributed by atoms with van der Waals surface area (Å²) < 4.78 is 0. The zero-order chi connectivity index (χ0) is 17.9. The third-order valence-electron chi connectivity index (χ3n) is 6.09. The molecule has 1 amide bonds. The van der Waals surface area contributed by atoms with Gasteiger partial charge in [-0.3, -0.25) is 9.69 Å². The van der Waals surface area contributed by atoms with Crippen molar-refractivity contribution in [1.29, 1.82) is 0 Å². The summed E-state index contributed by atoms with van der Waals surface area (Å²) in [5.41, 5.74) is 4.09. The van der Waals surface area contributed by atoms with E-state index in [1.807, 2.05) is 11.9 Å². The summed E-state index contributed by atoms with van der Waals surface area (Å²) in [4.78, 5) is 17.4. The van der Waals surface area contributed by atoms with Gasteiger partial charge in [-0.2, -0.15) is 0 Å². The maximum atomic E-state index is 13.1. The van der Waals surface area contributed by atoms with Gasteiger partial charge in [0.1, 0.15) is 0 Å². The first-order chi connectivity index (χ1) is 12.7. The smallest absolute Gasteiger partial charge is 0.237 e. The number of likely N-dealkylation sites (N-methyl/N-ethyl adjacent to an activating group) is 1. The minimum absolute atomic E-state index is 0.227. The van der Waals surface area contributed by atoms with E-state index in [1.165, 1.54) is 23.1 Å². The number of likely N-dealkylation sites (tertiary alicyclic amines) is 1. The van der Waals surface area contributed by atoms with Crippen molar-refractivity contribution in [3.05, 3.63) is 71.3 Å². The number of carbonyl (C=O) groups excluding carboxylic acids is 1. The van der Waals surface area contributed by atoms with Crippen LogP contribution in [0.3, 0.4) is 0 Å². The lowest BCUT2D eigenvalue weighted by Crippen LogP contribution is -2.40. The van der Waals surface area contributed by atoms with Gasteiger partial charge in [0.15, 0.2) is 0 Å². The van der Waals surface area contributed by atoms with Crippen LogP contribution in [0.5, 0.6) is 0 Å². The van der Waals surface area contributed by atoms with Gasteiger partial charge in [0.25, 0.3) is 0 Å². The first kappa shape index (κ1) is 17.3. The largest absolute Gasteiger partial charge is 0.338 e. The molecule has 3 nitrogen and oxygen atoms in total. The summed E-state index contributed by atoms with van der Waals surface area (Å²) in [6.45, 7) is 1.54. The highest BCUT2D eigenvalue weighted by Gasteiger charge is 2.31. The van der Waals surface area contributed by atoms with Crippen molar-refractivity contribution in [2.24, 2.45) is 0 Å². The van der Waals surface area contributed by atoms with Crippen molar-refractivity contribution in [3.8, 4) is 0 Å². The van der Waals surface area contributed by atoms with Crippen LogP contribution in [0.4, 0.5) is 0 Å². The molecule has 3 heteroatoms. The Hall–Kier alpha value is -2.13. The fourth-order valence-corrected chi connectivity index (χ4v) is 4.66. The van der Waals surface area contributed by atoms with Crippen molar-refractivity contribution >= 4 is 5.91 Å². The van der Waals surface area contributed by atoms with Crippen LogP contribution in [-0.4, -0.2) is 35.8 Å². The monoisotopic (exact) mass is 348 g/mol. The molecule has 2 atom stereocenters. The van der Waals surface area contributed by atoms with Gasteiger partial charge in [0.2, 0.25) is 5.91 Å². The van der Waals surface area contributed by atoms with E-state index in [0.29, 0.717) is 12.6 Å². The average Bonchev–Trinajstić information content (AvgIpc) is 3.15. The molecule has 2 unspecified atom stereocenters. The van der Waals surface area contributed by atoms with Gasteiger partial charge in [0, 0.05) is 13.1 Å². The lowest BCUT2D eigenvalue weighted by molar-refractivity contribution is -0.133. The zero-order valence-electron chi connectivity index (χ0n) is 15.6. The van der Waals surface area contributed by atoms with Crippen LogP contribution in [0.25, 0.3) is 0 Å². The van der Waals surface area contributed by atoms with Crippen LogP contribution in [-0.2, 0) is 11.2 Å². The maximum Gasteiger partial charge on any atom is 0.237 e. The molecule has 26 heavy (non-hydrogen) atoms. The third-order valence-corrected chi connectivity index (χ3v) is 6.09. The van der Waals surface area contributed by atoms with E-state index in [9.17, 15) is 4.79 Å². The van der Waals surface area contributed by atoms with Crippen molar-refractivity contribution in [1.82, 2.24) is 9.80 Å². The van der Waals surface area contributed by atoms with Crippen molar-refractivity contribution in [2.45, 2.75) is 44.2 Å². The second kappa shape index (κ2) is 7.63. The van der Waals surface area contributed by atoms with Gasteiger partial charge in [-0.05, 0) is 55.3 Å². The van der Waals surface area contributed by atoms with E-state index < -0.39 is 0 Å². The van der Waals surface area contributed by atoms with E-state index in [1.54, 1.807) is 0 Å². The number of carbonyl (C=O) groups is 1. The van der Waals surface area contributed by atoms with Gasteiger partial charge < -0.3 is 4.90 Å². The molecular formula is C23H28N2O. The first-order valence-electron chi connectivity index (χ1n) is 9.86. The number of amides is 1. The Morgan fingerprint density at radius 3 is 2.65 bits per heavy atom. The fraction of sp³-hybridized carbons (Fsp3) is 0.435. The summed E-state index contributed by atoms with van der Waals surface area (Å²) in [5.74, 6) is 0.245. The Labute approximate surface area is 156 Å². The van der Waals surface area contributed by atoms with E-state index in [4.69, 9.17) is 0 Å². The summed E-state index contributed by atoms with van der Waals surface area (Å²) in [6.07, 6.45) is 5.68. The lowest BCUT2D eigenvalue weighted by atomic mass is 9.87. The molecule has 1 aliphatic heterocycles. The minimum Gasteiger partial charge on any atom is -0.338 e. The molecule has 1 aliphatic carbocycles. The Bertz CT molecular complexity index is 758. The number of fused-ring (bicyclic) bond motifs is 1.